The largest absolute Gasteiger partial charge is 0.342 e. The maximum absolute atomic E-state index is 8.93. The molecular weight excluding hydrogens is 162 g/mol. The van der Waals surface area contributed by atoms with Crippen LogP contribution < -0.4 is 0 Å². The van der Waals surface area contributed by atoms with Crippen molar-refractivity contribution in [2.75, 3.05) is 0 Å². The molecule has 0 radical (unpaired) electrons. The van der Waals surface area contributed by atoms with E-state index in [1.165, 1.54) is 0 Å². The van der Waals surface area contributed by atoms with E-state index >= 15 is 0 Å². The van der Waals surface area contributed by atoms with E-state index < -0.39 is 0 Å². The lowest BCUT2D eigenvalue weighted by Gasteiger charge is -1.93. The van der Waals surface area contributed by atoms with E-state index in [-0.39, 0.29) is 0 Å². The van der Waals surface area contributed by atoms with Crippen LogP contribution >= 0.6 is 0 Å². The molecule has 0 aliphatic heterocycles. The Bertz CT molecular complexity index is 503. The maximum Gasteiger partial charge on any atom is 0.139 e. The molecule has 0 aliphatic rings. The number of fused-ring (bicyclic) bond motifs is 1. The Labute approximate surface area is 76.0 Å². The van der Waals surface area contributed by atoms with Crippen LogP contribution in [0.5, 0.6) is 0 Å². The summed E-state index contributed by atoms with van der Waals surface area (Å²) >= 11 is 0. The van der Waals surface area contributed by atoms with Gasteiger partial charge < -0.3 is 4.98 Å². The number of nitriles is 1. The van der Waals surface area contributed by atoms with E-state index in [2.05, 4.69) is 16.0 Å². The summed E-state index contributed by atoms with van der Waals surface area (Å²) in [5.41, 5.74) is 3.49. The number of aromatic amines is 1. The van der Waals surface area contributed by atoms with E-state index in [4.69, 9.17) is 5.26 Å². The normalized spacial score (nSPS) is 10.2. The summed E-state index contributed by atoms with van der Waals surface area (Å²) in [5.74, 6) is 0. The second kappa shape index (κ2) is 2.60. The molecule has 3 heteroatoms. The van der Waals surface area contributed by atoms with E-state index in [0.717, 1.165) is 22.3 Å². The van der Waals surface area contributed by atoms with Crippen LogP contribution in [0.4, 0.5) is 0 Å². The number of nitrogens with zero attached hydrogens (tertiary/aromatic N) is 2. The minimum atomic E-state index is 0.709. The fraction of sp³-hybridized carbons (Fsp3) is 0.200. The van der Waals surface area contributed by atoms with E-state index in [1.807, 2.05) is 19.9 Å². The molecule has 2 heterocycles. The Morgan fingerprint density at radius 2 is 2.23 bits per heavy atom. The zero-order chi connectivity index (χ0) is 9.42. The number of rotatable bonds is 0. The van der Waals surface area contributed by atoms with Crippen molar-refractivity contribution in [2.45, 2.75) is 13.8 Å². The third-order valence-electron chi connectivity index (χ3n) is 2.20. The molecule has 1 N–H and O–H groups in total. The first-order chi connectivity index (χ1) is 6.24. The third-order valence-corrected chi connectivity index (χ3v) is 2.20. The van der Waals surface area contributed by atoms with Crippen LogP contribution in [0.25, 0.3) is 11.0 Å². The predicted molar refractivity (Wildman–Crippen MR) is 50.3 cm³/mol. The fourth-order valence-corrected chi connectivity index (χ4v) is 1.54. The van der Waals surface area contributed by atoms with Crippen LogP contribution in [-0.2, 0) is 0 Å². The Kier molecular flexibility index (Phi) is 1.56. The zero-order valence-corrected chi connectivity index (χ0v) is 7.55. The molecule has 0 saturated heterocycles. The topological polar surface area (TPSA) is 52.5 Å². The van der Waals surface area contributed by atoms with Gasteiger partial charge in [-0.3, -0.25) is 0 Å². The minimum absolute atomic E-state index is 0.709. The van der Waals surface area contributed by atoms with Crippen molar-refractivity contribution >= 4 is 11.0 Å². The highest BCUT2D eigenvalue weighted by molar-refractivity contribution is 5.87. The van der Waals surface area contributed by atoms with Gasteiger partial charge in [0, 0.05) is 17.3 Å². The lowest BCUT2D eigenvalue weighted by Crippen LogP contribution is -1.80. The van der Waals surface area contributed by atoms with Crippen molar-refractivity contribution in [3.8, 4) is 6.07 Å². The first kappa shape index (κ1) is 7.81. The molecule has 0 aliphatic carbocycles. The van der Waals surface area contributed by atoms with Gasteiger partial charge in [0.2, 0.25) is 0 Å². The number of aryl methyl sites for hydroxylation is 2. The highest BCUT2D eigenvalue weighted by Gasteiger charge is 2.09. The lowest BCUT2D eigenvalue weighted by atomic mass is 10.1. The Morgan fingerprint density at radius 3 is 2.92 bits per heavy atom. The van der Waals surface area contributed by atoms with Crippen LogP contribution in [0.3, 0.4) is 0 Å². The highest BCUT2D eigenvalue weighted by atomic mass is 14.9. The monoisotopic (exact) mass is 171 g/mol. The molecule has 0 spiro atoms. The summed E-state index contributed by atoms with van der Waals surface area (Å²) in [5, 5.41) is 9.88. The number of hydrogen-bond acceptors (Lipinski definition) is 2. The van der Waals surface area contributed by atoms with E-state index in [1.54, 1.807) is 6.20 Å². The number of pyridine rings is 1. The van der Waals surface area contributed by atoms with Crippen molar-refractivity contribution in [3.05, 3.63) is 29.1 Å². The molecule has 2 rings (SSSR count). The van der Waals surface area contributed by atoms with Crippen LogP contribution in [0.1, 0.15) is 16.8 Å². The van der Waals surface area contributed by atoms with Gasteiger partial charge in [-0.1, -0.05) is 0 Å². The molecule has 0 bridgehead atoms. The molecule has 0 aromatic carbocycles. The molecular formula is C10H9N3. The standard InChI is InChI=1S/C10H9N3/c1-6-3-4-12-10-9(6)8(5-11)7(2)13-10/h3-4H,1-2H3,(H,12,13). The number of nitrogens with one attached hydrogen (secondary N) is 1. The molecule has 0 amide bonds. The van der Waals surface area contributed by atoms with Gasteiger partial charge in [-0.2, -0.15) is 5.26 Å². The number of H-pyrrole nitrogens is 1. The summed E-state index contributed by atoms with van der Waals surface area (Å²) in [6, 6.07) is 4.10. The second-order valence-electron chi connectivity index (χ2n) is 3.09. The number of aromatic nitrogens is 2. The summed E-state index contributed by atoms with van der Waals surface area (Å²) in [4.78, 5) is 7.25. The third kappa shape index (κ3) is 0.994. The quantitative estimate of drug-likeness (QED) is 0.659. The highest BCUT2D eigenvalue weighted by Crippen LogP contribution is 2.22. The summed E-state index contributed by atoms with van der Waals surface area (Å²) in [7, 11) is 0. The first-order valence-corrected chi connectivity index (χ1v) is 4.08. The summed E-state index contributed by atoms with van der Waals surface area (Å²) in [6.45, 7) is 3.87. The smallest absolute Gasteiger partial charge is 0.139 e. The summed E-state index contributed by atoms with van der Waals surface area (Å²) in [6.07, 6.45) is 1.74. The van der Waals surface area contributed by atoms with Crippen molar-refractivity contribution < 1.29 is 0 Å². The number of hydrogen-bond donors (Lipinski definition) is 1. The van der Waals surface area contributed by atoms with Crippen LogP contribution in [0.2, 0.25) is 0 Å². The molecule has 0 atom stereocenters. The van der Waals surface area contributed by atoms with Gasteiger partial charge in [-0.25, -0.2) is 4.98 Å². The van der Waals surface area contributed by atoms with Gasteiger partial charge in [0.15, 0.2) is 0 Å². The average Bonchev–Trinajstić information content (AvgIpc) is 2.42. The molecule has 0 fully saturated rings. The molecule has 0 unspecified atom stereocenters. The molecule has 0 saturated carbocycles. The Balaban J connectivity index is 2.99. The van der Waals surface area contributed by atoms with Crippen LogP contribution in [0.15, 0.2) is 12.3 Å². The Morgan fingerprint density at radius 1 is 1.46 bits per heavy atom. The van der Waals surface area contributed by atoms with E-state index in [9.17, 15) is 0 Å². The van der Waals surface area contributed by atoms with Crippen LogP contribution in [-0.4, -0.2) is 9.97 Å². The predicted octanol–water partition coefficient (Wildman–Crippen LogP) is 2.05. The molecule has 2 aromatic heterocycles. The van der Waals surface area contributed by atoms with Crippen molar-refractivity contribution in [1.29, 1.82) is 5.26 Å². The maximum atomic E-state index is 8.93. The average molecular weight is 171 g/mol. The SMILES string of the molecule is Cc1[nH]c2nccc(C)c2c1C#N. The Hall–Kier alpha value is -1.82. The van der Waals surface area contributed by atoms with Gasteiger partial charge in [0.1, 0.15) is 11.7 Å². The van der Waals surface area contributed by atoms with Crippen molar-refractivity contribution in [3.63, 3.8) is 0 Å². The molecule has 13 heavy (non-hydrogen) atoms. The van der Waals surface area contributed by atoms with Gasteiger partial charge in [-0.05, 0) is 25.5 Å². The van der Waals surface area contributed by atoms with Crippen LogP contribution in [0, 0.1) is 25.2 Å². The first-order valence-electron chi connectivity index (χ1n) is 4.08. The zero-order valence-electron chi connectivity index (χ0n) is 7.55. The fourth-order valence-electron chi connectivity index (χ4n) is 1.54. The van der Waals surface area contributed by atoms with Gasteiger partial charge in [0.25, 0.3) is 0 Å². The second-order valence-corrected chi connectivity index (χ2v) is 3.09. The van der Waals surface area contributed by atoms with Gasteiger partial charge >= 0.3 is 0 Å². The lowest BCUT2D eigenvalue weighted by molar-refractivity contribution is 1.24. The van der Waals surface area contributed by atoms with Gasteiger partial charge in [-0.15, -0.1) is 0 Å². The minimum Gasteiger partial charge on any atom is -0.342 e. The molecule has 2 aromatic rings. The molecule has 64 valence electrons. The van der Waals surface area contributed by atoms with Gasteiger partial charge in [0.05, 0.1) is 5.56 Å². The van der Waals surface area contributed by atoms with Crippen molar-refractivity contribution in [2.24, 2.45) is 0 Å². The van der Waals surface area contributed by atoms with Crippen molar-refractivity contribution in [1.82, 2.24) is 9.97 Å². The van der Waals surface area contributed by atoms with E-state index in [0.29, 0.717) is 5.56 Å². The molecule has 3 nitrogen and oxygen atoms in total. The summed E-state index contributed by atoms with van der Waals surface area (Å²) < 4.78 is 0.